The molecule has 1 saturated heterocycles. The molecule has 11 nitrogen and oxygen atoms in total. The molecule has 1 unspecified atom stereocenters. The number of nitrogens with two attached hydrogens (primary N) is 1. The van der Waals surface area contributed by atoms with Gasteiger partial charge in [0.15, 0.2) is 0 Å². The number of rotatable bonds is 9. The lowest BCUT2D eigenvalue weighted by Crippen LogP contribution is -2.35. The predicted molar refractivity (Wildman–Crippen MR) is 121 cm³/mol. The maximum atomic E-state index is 13.4. The first kappa shape index (κ1) is 25.2. The summed E-state index contributed by atoms with van der Waals surface area (Å²) in [7, 11) is -2.81. The molecule has 3 N–H and O–H groups in total. The lowest BCUT2D eigenvalue weighted by atomic mass is 10.1. The third-order valence-corrected chi connectivity index (χ3v) is 6.85. The summed E-state index contributed by atoms with van der Waals surface area (Å²) in [6.45, 7) is 3.26. The number of nitrogens with zero attached hydrogens (tertiary/aromatic N) is 2. The smallest absolute Gasteiger partial charge is 0.459 e. The number of carbonyl (C=O) groups excluding carboxylic acids is 1. The molecule has 0 spiro atoms. The summed E-state index contributed by atoms with van der Waals surface area (Å²) in [6, 6.07) is 6.71. The number of aromatic nitrogens is 2. The van der Waals surface area contributed by atoms with Gasteiger partial charge in [0.1, 0.15) is 23.8 Å². The van der Waals surface area contributed by atoms with Gasteiger partial charge >= 0.3 is 19.4 Å². The molecule has 13 heteroatoms. The summed E-state index contributed by atoms with van der Waals surface area (Å²) in [5, 5.41) is 3.04. The van der Waals surface area contributed by atoms with Gasteiger partial charge in [-0.3, -0.25) is 13.9 Å². The Morgan fingerprint density at radius 2 is 2.09 bits per heavy atom. The highest BCUT2D eigenvalue weighted by molar-refractivity contribution is 7.52. The molecule has 0 aliphatic carbocycles. The number of ether oxygens (including phenoxy) is 2. The quantitative estimate of drug-likeness (QED) is 0.389. The second-order valence-corrected chi connectivity index (χ2v) is 9.75. The summed E-state index contributed by atoms with van der Waals surface area (Å²) in [5.74, 6) is -0.349. The number of benzene rings is 1. The number of methoxy groups -OCH3 is 1. The molecule has 180 valence electrons. The molecule has 1 aromatic heterocycles. The molecule has 3 rings (SSSR count). The summed E-state index contributed by atoms with van der Waals surface area (Å²) >= 11 is 5.89. The SMILES string of the molecule is COC(=O)[C@H](C)NP(=O)(OC[C@@H]1C[C@H](C)[C@H](n2ccc(N)nc2=O)O1)Oc1ccc(Cl)cc1. The Hall–Kier alpha value is -2.43. The van der Waals surface area contributed by atoms with Crippen molar-refractivity contribution < 1.29 is 27.9 Å². The Morgan fingerprint density at radius 1 is 1.39 bits per heavy atom. The third kappa shape index (κ3) is 6.55. The third-order valence-electron chi connectivity index (χ3n) is 4.96. The van der Waals surface area contributed by atoms with Crippen LogP contribution < -0.4 is 21.0 Å². The van der Waals surface area contributed by atoms with E-state index in [9.17, 15) is 14.2 Å². The van der Waals surface area contributed by atoms with Gasteiger partial charge in [-0.1, -0.05) is 18.5 Å². The first-order chi connectivity index (χ1) is 15.6. The van der Waals surface area contributed by atoms with Crippen LogP contribution in [0.4, 0.5) is 5.82 Å². The van der Waals surface area contributed by atoms with Crippen molar-refractivity contribution in [1.82, 2.24) is 14.6 Å². The van der Waals surface area contributed by atoms with E-state index in [0.717, 1.165) is 0 Å². The number of nitrogens with one attached hydrogen (secondary N) is 1. The van der Waals surface area contributed by atoms with E-state index in [2.05, 4.69) is 14.8 Å². The molecule has 33 heavy (non-hydrogen) atoms. The molecule has 1 aromatic carbocycles. The molecular formula is C20H26ClN4O7P. The minimum atomic E-state index is -4.03. The van der Waals surface area contributed by atoms with Gasteiger partial charge in [-0.25, -0.2) is 9.36 Å². The highest BCUT2D eigenvalue weighted by Crippen LogP contribution is 2.46. The van der Waals surface area contributed by atoms with Gasteiger partial charge in [-0.2, -0.15) is 10.1 Å². The van der Waals surface area contributed by atoms with Crippen LogP contribution in [-0.2, 0) is 23.4 Å². The van der Waals surface area contributed by atoms with Gasteiger partial charge in [0.05, 0.1) is 19.8 Å². The number of anilines is 1. The molecular weight excluding hydrogens is 475 g/mol. The van der Waals surface area contributed by atoms with E-state index in [1.54, 1.807) is 12.1 Å². The first-order valence-corrected chi connectivity index (χ1v) is 12.1. The fraction of sp³-hybridized carbons (Fsp3) is 0.450. The topological polar surface area (TPSA) is 144 Å². The average Bonchev–Trinajstić information content (AvgIpc) is 3.13. The second kappa shape index (κ2) is 10.7. The van der Waals surface area contributed by atoms with Crippen molar-refractivity contribution >= 4 is 31.1 Å². The summed E-state index contributed by atoms with van der Waals surface area (Å²) in [6.07, 6.45) is 0.961. The van der Waals surface area contributed by atoms with Crippen molar-refractivity contribution in [3.8, 4) is 5.75 Å². The van der Waals surface area contributed by atoms with Crippen LogP contribution in [0.3, 0.4) is 0 Å². The molecule has 5 atom stereocenters. The van der Waals surface area contributed by atoms with Crippen molar-refractivity contribution in [3.05, 3.63) is 52.0 Å². The van der Waals surface area contributed by atoms with Crippen LogP contribution in [0.15, 0.2) is 41.3 Å². The minimum Gasteiger partial charge on any atom is -0.468 e. The van der Waals surface area contributed by atoms with Crippen molar-refractivity contribution in [2.24, 2.45) is 5.92 Å². The largest absolute Gasteiger partial charge is 0.468 e. The van der Waals surface area contributed by atoms with Crippen molar-refractivity contribution in [3.63, 3.8) is 0 Å². The van der Waals surface area contributed by atoms with E-state index in [4.69, 9.17) is 31.1 Å². The molecule has 1 fully saturated rings. The van der Waals surface area contributed by atoms with Crippen molar-refractivity contribution in [2.45, 2.75) is 38.6 Å². The number of hydrogen-bond acceptors (Lipinski definition) is 9. The fourth-order valence-corrected chi connectivity index (χ4v) is 5.00. The number of halogens is 1. The summed E-state index contributed by atoms with van der Waals surface area (Å²) in [5.41, 5.74) is 5.02. The van der Waals surface area contributed by atoms with Crippen LogP contribution in [0, 0.1) is 5.92 Å². The van der Waals surface area contributed by atoms with Crippen LogP contribution in [0.5, 0.6) is 5.75 Å². The molecule has 1 aliphatic heterocycles. The van der Waals surface area contributed by atoms with Crippen molar-refractivity contribution in [2.75, 3.05) is 19.5 Å². The maximum Gasteiger partial charge on any atom is 0.459 e. The van der Waals surface area contributed by atoms with Gasteiger partial charge in [0.25, 0.3) is 0 Å². The first-order valence-electron chi connectivity index (χ1n) is 10.2. The fourth-order valence-electron chi connectivity index (χ4n) is 3.36. The Bertz CT molecular complexity index is 1080. The average molecular weight is 501 g/mol. The number of esters is 1. The molecule has 1 aliphatic rings. The lowest BCUT2D eigenvalue weighted by Gasteiger charge is -2.24. The van der Waals surface area contributed by atoms with Crippen LogP contribution in [-0.4, -0.2) is 41.4 Å². The Morgan fingerprint density at radius 3 is 2.73 bits per heavy atom. The molecule has 0 bridgehead atoms. The Kier molecular flexibility index (Phi) is 8.14. The molecule has 0 amide bonds. The normalized spacial score (nSPS) is 23.0. The number of hydrogen-bond donors (Lipinski definition) is 2. The van der Waals surface area contributed by atoms with E-state index >= 15 is 0 Å². The Labute approximate surface area is 195 Å². The zero-order chi connectivity index (χ0) is 24.2. The summed E-state index contributed by atoms with van der Waals surface area (Å²) in [4.78, 5) is 27.7. The van der Waals surface area contributed by atoms with E-state index in [1.165, 1.54) is 43.0 Å². The highest BCUT2D eigenvalue weighted by atomic mass is 35.5. The molecule has 0 radical (unpaired) electrons. The van der Waals surface area contributed by atoms with E-state index < -0.39 is 37.8 Å². The maximum absolute atomic E-state index is 13.4. The van der Waals surface area contributed by atoms with E-state index in [-0.39, 0.29) is 24.1 Å². The number of carbonyl (C=O) groups is 1. The van der Waals surface area contributed by atoms with Crippen LogP contribution in [0.2, 0.25) is 5.02 Å². The predicted octanol–water partition coefficient (Wildman–Crippen LogP) is 2.76. The van der Waals surface area contributed by atoms with Gasteiger partial charge in [0.2, 0.25) is 0 Å². The van der Waals surface area contributed by atoms with Crippen LogP contribution >= 0.6 is 19.3 Å². The Balaban J connectivity index is 1.71. The monoisotopic (exact) mass is 500 g/mol. The van der Waals surface area contributed by atoms with E-state index in [1.807, 2.05) is 6.92 Å². The van der Waals surface area contributed by atoms with Crippen LogP contribution in [0.25, 0.3) is 0 Å². The zero-order valence-electron chi connectivity index (χ0n) is 18.3. The number of nitrogen functional groups attached to an aromatic ring is 1. The van der Waals surface area contributed by atoms with E-state index in [0.29, 0.717) is 11.4 Å². The summed E-state index contributed by atoms with van der Waals surface area (Å²) < 4.78 is 36.6. The van der Waals surface area contributed by atoms with Crippen molar-refractivity contribution in [1.29, 1.82) is 0 Å². The van der Waals surface area contributed by atoms with Gasteiger partial charge in [-0.15, -0.1) is 0 Å². The van der Waals surface area contributed by atoms with Gasteiger partial charge in [0, 0.05) is 17.1 Å². The van der Waals surface area contributed by atoms with Gasteiger partial charge < -0.3 is 19.7 Å². The minimum absolute atomic E-state index is 0.0553. The lowest BCUT2D eigenvalue weighted by molar-refractivity contribution is -0.142. The zero-order valence-corrected chi connectivity index (χ0v) is 20.0. The van der Waals surface area contributed by atoms with Crippen LogP contribution in [0.1, 0.15) is 26.5 Å². The molecule has 0 saturated carbocycles. The van der Waals surface area contributed by atoms with Gasteiger partial charge in [-0.05, 0) is 43.7 Å². The second-order valence-electron chi connectivity index (χ2n) is 7.62. The molecule has 2 aromatic rings. The standard InChI is InChI=1S/C20H26ClN4O7P/c1-12-10-16(31-18(12)25-9-8-17(22)23-20(25)27)11-30-33(28,24-13(2)19(26)29-3)32-15-6-4-14(21)5-7-15/h4-9,12-13,16,18H,10-11H2,1-3H3,(H,24,28)(H2,22,23,27)/t12-,13-,16-,18+,33?/m0/s1. The molecule has 2 heterocycles. The highest BCUT2D eigenvalue weighted by Gasteiger charge is 2.38.